The van der Waals surface area contributed by atoms with E-state index < -0.39 is 0 Å². The van der Waals surface area contributed by atoms with E-state index >= 15 is 0 Å². The first-order chi connectivity index (χ1) is 14.6. The molecule has 0 aliphatic heterocycles. The molecule has 0 radical (unpaired) electrons. The van der Waals surface area contributed by atoms with E-state index in [9.17, 15) is 9.18 Å². The lowest BCUT2D eigenvalue weighted by molar-refractivity contribution is 0.253. The second-order valence-corrected chi connectivity index (χ2v) is 8.21. The fraction of sp³-hybridized carbons (Fsp3) is 0.391. The van der Waals surface area contributed by atoms with Crippen LogP contribution in [0.4, 0.5) is 4.39 Å². The van der Waals surface area contributed by atoms with Crippen LogP contribution >= 0.6 is 0 Å². The Morgan fingerprint density at radius 1 is 1.10 bits per heavy atom. The predicted octanol–water partition coefficient (Wildman–Crippen LogP) is 4.56. The van der Waals surface area contributed by atoms with Crippen molar-refractivity contribution >= 4 is 16.7 Å². The van der Waals surface area contributed by atoms with Gasteiger partial charge in [-0.15, -0.1) is 10.2 Å². The molecule has 0 saturated heterocycles. The molecular formula is C23H24FN5O. The molecule has 0 spiro atoms. The minimum Gasteiger partial charge on any atom is -0.310 e. The predicted molar refractivity (Wildman–Crippen MR) is 114 cm³/mol. The lowest BCUT2D eigenvalue weighted by Gasteiger charge is -2.30. The van der Waals surface area contributed by atoms with Crippen LogP contribution in [0.2, 0.25) is 0 Å². The molecule has 0 N–H and O–H groups in total. The second kappa shape index (κ2) is 7.31. The fourth-order valence-electron chi connectivity index (χ4n) is 4.74. The van der Waals surface area contributed by atoms with Gasteiger partial charge in [0.1, 0.15) is 11.3 Å². The van der Waals surface area contributed by atoms with E-state index in [1.807, 2.05) is 23.8 Å². The lowest BCUT2D eigenvalue weighted by atomic mass is 9.85. The van der Waals surface area contributed by atoms with Gasteiger partial charge in [0, 0.05) is 12.2 Å². The first-order valence-electron chi connectivity index (χ1n) is 10.6. The number of fused-ring (bicyclic) bond motifs is 3. The summed E-state index contributed by atoms with van der Waals surface area (Å²) in [7, 11) is 0. The van der Waals surface area contributed by atoms with Crippen molar-refractivity contribution in [3.8, 4) is 11.1 Å². The summed E-state index contributed by atoms with van der Waals surface area (Å²) in [6.45, 7) is 4.23. The number of hydrogen-bond acceptors (Lipinski definition) is 4. The van der Waals surface area contributed by atoms with Crippen LogP contribution in [0.25, 0.3) is 27.8 Å². The Hall–Kier alpha value is -3.09. The SMILES string of the molecule is CCc1nn2c(nnc3c(=O)n(C4CCCCC4C)ccc32)c1-c1ccc(F)cc1. The van der Waals surface area contributed by atoms with Crippen LogP contribution in [-0.2, 0) is 6.42 Å². The van der Waals surface area contributed by atoms with Crippen LogP contribution < -0.4 is 5.56 Å². The topological polar surface area (TPSA) is 65.1 Å². The summed E-state index contributed by atoms with van der Waals surface area (Å²) in [5.41, 5.74) is 3.95. The van der Waals surface area contributed by atoms with Crippen molar-refractivity contribution in [3.05, 3.63) is 58.4 Å². The number of aromatic nitrogens is 5. The third-order valence-electron chi connectivity index (χ3n) is 6.37. The summed E-state index contributed by atoms with van der Waals surface area (Å²) in [5.74, 6) is 0.175. The molecule has 7 heteroatoms. The summed E-state index contributed by atoms with van der Waals surface area (Å²) in [6.07, 6.45) is 7.08. The zero-order valence-electron chi connectivity index (χ0n) is 17.2. The van der Waals surface area contributed by atoms with Gasteiger partial charge in [-0.3, -0.25) is 4.79 Å². The monoisotopic (exact) mass is 405 g/mol. The Labute approximate surface area is 173 Å². The minimum atomic E-state index is -0.290. The van der Waals surface area contributed by atoms with Crippen molar-refractivity contribution < 1.29 is 4.39 Å². The zero-order valence-corrected chi connectivity index (χ0v) is 17.2. The summed E-state index contributed by atoms with van der Waals surface area (Å²) >= 11 is 0. The fourth-order valence-corrected chi connectivity index (χ4v) is 4.74. The highest BCUT2D eigenvalue weighted by atomic mass is 19.1. The van der Waals surface area contributed by atoms with Crippen molar-refractivity contribution in [3.63, 3.8) is 0 Å². The van der Waals surface area contributed by atoms with Crippen LogP contribution in [0.1, 0.15) is 51.3 Å². The highest BCUT2D eigenvalue weighted by Gasteiger charge is 2.25. The van der Waals surface area contributed by atoms with E-state index in [1.165, 1.54) is 18.6 Å². The lowest BCUT2D eigenvalue weighted by Crippen LogP contribution is -2.31. The maximum Gasteiger partial charge on any atom is 0.280 e. The van der Waals surface area contributed by atoms with Gasteiger partial charge >= 0.3 is 0 Å². The van der Waals surface area contributed by atoms with Gasteiger partial charge in [-0.2, -0.15) is 5.10 Å². The largest absolute Gasteiger partial charge is 0.310 e. The van der Waals surface area contributed by atoms with E-state index in [0.717, 1.165) is 36.1 Å². The van der Waals surface area contributed by atoms with Gasteiger partial charge in [-0.1, -0.05) is 38.8 Å². The van der Waals surface area contributed by atoms with Gasteiger partial charge < -0.3 is 4.57 Å². The molecule has 5 rings (SSSR count). The van der Waals surface area contributed by atoms with Crippen molar-refractivity contribution in [2.75, 3.05) is 0 Å². The molecule has 1 aliphatic carbocycles. The van der Waals surface area contributed by atoms with Gasteiger partial charge in [-0.05, 0) is 48.9 Å². The van der Waals surface area contributed by atoms with Crippen LogP contribution in [-0.4, -0.2) is 24.4 Å². The third kappa shape index (κ3) is 2.91. The first kappa shape index (κ1) is 18.9. The van der Waals surface area contributed by atoms with Crippen molar-refractivity contribution in [2.45, 2.75) is 52.0 Å². The molecule has 2 atom stereocenters. The molecule has 2 unspecified atom stereocenters. The number of nitrogens with zero attached hydrogens (tertiary/aromatic N) is 5. The average Bonchev–Trinajstić information content (AvgIpc) is 3.14. The number of hydrogen-bond donors (Lipinski definition) is 0. The molecular weight excluding hydrogens is 381 g/mol. The quantitative estimate of drug-likeness (QED) is 0.501. The molecule has 3 heterocycles. The molecule has 1 saturated carbocycles. The van der Waals surface area contributed by atoms with E-state index in [0.29, 0.717) is 29.0 Å². The van der Waals surface area contributed by atoms with Crippen molar-refractivity contribution in [1.82, 2.24) is 24.4 Å². The van der Waals surface area contributed by atoms with E-state index in [4.69, 9.17) is 5.10 Å². The normalized spacial score (nSPS) is 19.6. The number of benzene rings is 1. The minimum absolute atomic E-state index is 0.113. The van der Waals surface area contributed by atoms with Crippen molar-refractivity contribution in [1.29, 1.82) is 0 Å². The molecule has 154 valence electrons. The number of pyridine rings is 1. The smallest absolute Gasteiger partial charge is 0.280 e. The first-order valence-corrected chi connectivity index (χ1v) is 10.6. The van der Waals surface area contributed by atoms with Crippen LogP contribution in [0.5, 0.6) is 0 Å². The molecule has 1 aliphatic rings. The second-order valence-electron chi connectivity index (χ2n) is 8.21. The highest BCUT2D eigenvalue weighted by molar-refractivity contribution is 5.84. The summed E-state index contributed by atoms with van der Waals surface area (Å²) in [6, 6.07) is 8.42. The Morgan fingerprint density at radius 3 is 2.60 bits per heavy atom. The van der Waals surface area contributed by atoms with Gasteiger partial charge in [0.2, 0.25) is 0 Å². The third-order valence-corrected chi connectivity index (χ3v) is 6.37. The van der Waals surface area contributed by atoms with E-state index in [2.05, 4.69) is 17.1 Å². The Bertz CT molecular complexity index is 1290. The van der Waals surface area contributed by atoms with Gasteiger partial charge in [0.05, 0.1) is 11.3 Å². The maximum atomic E-state index is 13.4. The Kier molecular flexibility index (Phi) is 4.60. The van der Waals surface area contributed by atoms with E-state index in [-0.39, 0.29) is 17.4 Å². The van der Waals surface area contributed by atoms with Gasteiger partial charge in [0.15, 0.2) is 11.2 Å². The molecule has 4 aromatic rings. The Morgan fingerprint density at radius 2 is 1.87 bits per heavy atom. The van der Waals surface area contributed by atoms with Gasteiger partial charge in [-0.25, -0.2) is 8.91 Å². The van der Waals surface area contributed by atoms with Crippen LogP contribution in [0.3, 0.4) is 0 Å². The number of halogens is 1. The molecule has 1 fully saturated rings. The highest BCUT2D eigenvalue weighted by Crippen LogP contribution is 2.33. The van der Waals surface area contributed by atoms with Gasteiger partial charge in [0.25, 0.3) is 5.56 Å². The van der Waals surface area contributed by atoms with E-state index in [1.54, 1.807) is 16.6 Å². The number of rotatable bonds is 3. The summed E-state index contributed by atoms with van der Waals surface area (Å²) in [4.78, 5) is 13.3. The maximum absolute atomic E-state index is 13.4. The molecule has 3 aromatic heterocycles. The Balaban J connectivity index is 1.72. The van der Waals surface area contributed by atoms with Crippen molar-refractivity contribution in [2.24, 2.45) is 5.92 Å². The molecule has 0 amide bonds. The summed E-state index contributed by atoms with van der Waals surface area (Å²) in [5, 5.41) is 13.4. The average molecular weight is 405 g/mol. The van der Waals surface area contributed by atoms with Crippen LogP contribution in [0, 0.1) is 11.7 Å². The number of aryl methyl sites for hydroxylation is 1. The molecule has 6 nitrogen and oxygen atoms in total. The summed E-state index contributed by atoms with van der Waals surface area (Å²) < 4.78 is 16.9. The van der Waals surface area contributed by atoms with Crippen LogP contribution in [0.15, 0.2) is 41.3 Å². The standard InChI is InChI=1S/C23H24FN5O/c1-3-17-20(15-8-10-16(24)11-9-15)22-26-25-21-19(29(22)27-17)12-13-28(23(21)30)18-7-5-4-6-14(18)2/h8-14,18H,3-7H2,1-2H3. The molecule has 30 heavy (non-hydrogen) atoms. The molecule has 0 bridgehead atoms. The zero-order chi connectivity index (χ0) is 20.8. The molecule has 1 aromatic carbocycles.